The Labute approximate surface area is 250 Å². The minimum Gasteiger partial charge on any atom is -0.483 e. The second-order valence-electron chi connectivity index (χ2n) is 10.6. The highest BCUT2D eigenvalue weighted by molar-refractivity contribution is 5.92. The van der Waals surface area contributed by atoms with Crippen molar-refractivity contribution in [3.8, 4) is 0 Å². The Bertz CT molecular complexity index is 1370. The molecule has 4 rings (SSSR count). The summed E-state index contributed by atoms with van der Waals surface area (Å²) in [7, 11) is 1.94. The van der Waals surface area contributed by atoms with Crippen LogP contribution in [0.1, 0.15) is 49.2 Å². The first kappa shape index (κ1) is 33.3. The van der Waals surface area contributed by atoms with Crippen LogP contribution in [-0.4, -0.2) is 69.5 Å². The third kappa shape index (κ3) is 9.64. The molecule has 1 aliphatic rings. The summed E-state index contributed by atoms with van der Waals surface area (Å²) in [4.78, 5) is 37.3. The standard InChI is InChI=1S/C31H36F3N5O.CH2O2/c1-22(2)38-18-15-27(16-19-38)39(30(40)13-10-24-8-11-25(12-9-24)31(32,33)34)21-26-6-5-7-29(36-26)37(4)28-14-17-35-23(3)20-28;2-1-3/h5-14,17,20,22,27H,15-16,18-19,21H2,1-4H3;1H,(H,2,3)/b13-10+;. The van der Waals surface area contributed by atoms with E-state index in [1.54, 1.807) is 12.3 Å². The number of hydrogen-bond donors (Lipinski definition) is 1. The summed E-state index contributed by atoms with van der Waals surface area (Å²) in [6, 6.07) is 15.0. The third-order valence-electron chi connectivity index (χ3n) is 7.35. The summed E-state index contributed by atoms with van der Waals surface area (Å²) < 4.78 is 38.8. The van der Waals surface area contributed by atoms with Crippen LogP contribution >= 0.6 is 0 Å². The first-order chi connectivity index (χ1) is 20.4. The van der Waals surface area contributed by atoms with Crippen molar-refractivity contribution in [2.24, 2.45) is 0 Å². The van der Waals surface area contributed by atoms with Crippen LogP contribution in [0.5, 0.6) is 0 Å². The van der Waals surface area contributed by atoms with E-state index >= 15 is 0 Å². The van der Waals surface area contributed by atoms with Gasteiger partial charge >= 0.3 is 6.18 Å². The molecule has 3 heterocycles. The number of alkyl halides is 3. The fourth-order valence-corrected chi connectivity index (χ4v) is 4.94. The molecule has 0 atom stereocenters. The normalized spacial score (nSPS) is 14.3. The number of likely N-dealkylation sites (tertiary alicyclic amines) is 1. The Balaban J connectivity index is 0.00000162. The second-order valence-corrected chi connectivity index (χ2v) is 10.6. The minimum atomic E-state index is -4.40. The van der Waals surface area contributed by atoms with Crippen LogP contribution in [0, 0.1) is 6.92 Å². The predicted molar refractivity (Wildman–Crippen MR) is 161 cm³/mol. The maximum Gasteiger partial charge on any atom is 0.416 e. The summed E-state index contributed by atoms with van der Waals surface area (Å²) in [5.74, 6) is 0.568. The van der Waals surface area contributed by atoms with E-state index in [2.05, 4.69) is 23.7 Å². The number of nitrogens with zero attached hydrogens (tertiary/aromatic N) is 5. The van der Waals surface area contributed by atoms with Crippen LogP contribution in [-0.2, 0) is 22.3 Å². The molecular weight excluding hydrogens is 559 g/mol. The lowest BCUT2D eigenvalue weighted by Crippen LogP contribution is -2.48. The van der Waals surface area contributed by atoms with Gasteiger partial charge in [0.25, 0.3) is 6.47 Å². The number of halogens is 3. The number of amides is 1. The first-order valence-corrected chi connectivity index (χ1v) is 14.0. The van der Waals surface area contributed by atoms with Crippen molar-refractivity contribution in [2.45, 2.75) is 58.4 Å². The average Bonchev–Trinajstić information content (AvgIpc) is 2.98. The minimum absolute atomic E-state index is 0.0331. The average molecular weight is 598 g/mol. The van der Waals surface area contributed by atoms with Gasteiger partial charge in [0.15, 0.2) is 0 Å². The van der Waals surface area contributed by atoms with Gasteiger partial charge in [-0.1, -0.05) is 18.2 Å². The molecule has 1 amide bonds. The predicted octanol–water partition coefficient (Wildman–Crippen LogP) is 6.19. The van der Waals surface area contributed by atoms with Crippen molar-refractivity contribution >= 4 is 30.0 Å². The first-order valence-electron chi connectivity index (χ1n) is 14.0. The molecule has 0 bridgehead atoms. The highest BCUT2D eigenvalue weighted by Crippen LogP contribution is 2.29. The van der Waals surface area contributed by atoms with E-state index < -0.39 is 11.7 Å². The molecule has 1 aliphatic heterocycles. The van der Waals surface area contributed by atoms with Crippen LogP contribution < -0.4 is 4.90 Å². The number of rotatable bonds is 8. The molecule has 8 nitrogen and oxygen atoms in total. The highest BCUT2D eigenvalue weighted by atomic mass is 19.4. The molecule has 11 heteroatoms. The zero-order valence-corrected chi connectivity index (χ0v) is 24.8. The second kappa shape index (κ2) is 15.3. The number of aryl methyl sites for hydroxylation is 1. The van der Waals surface area contributed by atoms with Gasteiger partial charge in [-0.15, -0.1) is 0 Å². The van der Waals surface area contributed by atoms with Crippen LogP contribution in [0.2, 0.25) is 0 Å². The molecule has 43 heavy (non-hydrogen) atoms. The smallest absolute Gasteiger partial charge is 0.416 e. The van der Waals surface area contributed by atoms with Crippen molar-refractivity contribution in [3.63, 3.8) is 0 Å². The number of piperidine rings is 1. The number of anilines is 2. The molecule has 1 N–H and O–H groups in total. The zero-order chi connectivity index (χ0) is 31.6. The molecule has 0 spiro atoms. The van der Waals surface area contributed by atoms with E-state index in [1.165, 1.54) is 18.2 Å². The van der Waals surface area contributed by atoms with Gasteiger partial charge in [-0.05, 0) is 81.7 Å². The zero-order valence-electron chi connectivity index (χ0n) is 24.8. The molecule has 230 valence electrons. The van der Waals surface area contributed by atoms with Crippen molar-refractivity contribution in [1.82, 2.24) is 19.8 Å². The Kier molecular flexibility index (Phi) is 11.8. The number of hydrogen-bond acceptors (Lipinski definition) is 6. The SMILES string of the molecule is Cc1cc(N(C)c2cccc(CN(C(=O)/C=C/c3ccc(C(F)(F)F)cc3)C3CCN(C(C)C)CC3)n2)ccn1.O=CO. The van der Waals surface area contributed by atoms with Gasteiger partial charge in [0, 0.05) is 55.9 Å². The Hall–Kier alpha value is -4.25. The van der Waals surface area contributed by atoms with Gasteiger partial charge in [-0.3, -0.25) is 14.6 Å². The van der Waals surface area contributed by atoms with Crippen LogP contribution in [0.4, 0.5) is 24.7 Å². The van der Waals surface area contributed by atoms with Gasteiger partial charge in [0.1, 0.15) is 5.82 Å². The number of carbonyl (C=O) groups is 2. The van der Waals surface area contributed by atoms with Gasteiger partial charge in [-0.2, -0.15) is 13.2 Å². The van der Waals surface area contributed by atoms with Crippen LogP contribution in [0.25, 0.3) is 6.08 Å². The van der Waals surface area contributed by atoms with Gasteiger partial charge in [0.2, 0.25) is 5.91 Å². The van der Waals surface area contributed by atoms with Crippen molar-refractivity contribution in [3.05, 3.63) is 89.4 Å². The summed E-state index contributed by atoms with van der Waals surface area (Å²) in [6.45, 7) is 8.16. The van der Waals surface area contributed by atoms with Gasteiger partial charge < -0.3 is 19.8 Å². The topological polar surface area (TPSA) is 89.9 Å². The van der Waals surface area contributed by atoms with E-state index in [1.807, 2.05) is 54.1 Å². The summed E-state index contributed by atoms with van der Waals surface area (Å²) >= 11 is 0. The molecule has 1 fully saturated rings. The van der Waals surface area contributed by atoms with Crippen molar-refractivity contribution in [2.75, 3.05) is 25.0 Å². The molecule has 0 radical (unpaired) electrons. The molecule has 1 saturated heterocycles. The molecule has 0 saturated carbocycles. The third-order valence-corrected chi connectivity index (χ3v) is 7.35. The van der Waals surface area contributed by atoms with Crippen LogP contribution in [0.3, 0.4) is 0 Å². The number of carboxylic acid groups (broad SMARTS) is 1. The van der Waals surface area contributed by atoms with E-state index in [0.717, 1.165) is 61.0 Å². The summed E-state index contributed by atoms with van der Waals surface area (Å²) in [5, 5.41) is 6.89. The molecule has 0 aliphatic carbocycles. The molecular formula is C32H38F3N5O3. The molecule has 1 aromatic carbocycles. The van der Waals surface area contributed by atoms with E-state index in [9.17, 15) is 18.0 Å². The van der Waals surface area contributed by atoms with E-state index in [4.69, 9.17) is 14.9 Å². The van der Waals surface area contributed by atoms with E-state index in [-0.39, 0.29) is 18.4 Å². The summed E-state index contributed by atoms with van der Waals surface area (Å²) in [6.07, 6.45) is 2.07. The Morgan fingerprint density at radius 1 is 1.12 bits per heavy atom. The van der Waals surface area contributed by atoms with Crippen molar-refractivity contribution < 1.29 is 27.9 Å². The fraction of sp³-hybridized carbons (Fsp3) is 0.375. The monoisotopic (exact) mass is 597 g/mol. The number of aromatic nitrogens is 2. The van der Waals surface area contributed by atoms with Gasteiger partial charge in [0.05, 0.1) is 17.8 Å². The largest absolute Gasteiger partial charge is 0.483 e. The number of benzene rings is 1. The van der Waals surface area contributed by atoms with Crippen molar-refractivity contribution in [1.29, 1.82) is 0 Å². The molecule has 2 aromatic heterocycles. The quantitative estimate of drug-likeness (QED) is 0.245. The van der Waals surface area contributed by atoms with E-state index in [0.29, 0.717) is 18.2 Å². The fourth-order valence-electron chi connectivity index (χ4n) is 4.94. The molecule has 0 unspecified atom stereocenters. The maximum atomic E-state index is 13.5. The highest BCUT2D eigenvalue weighted by Gasteiger charge is 2.30. The molecule has 3 aromatic rings. The van der Waals surface area contributed by atoms with Gasteiger partial charge in [-0.25, -0.2) is 4.98 Å². The summed E-state index contributed by atoms with van der Waals surface area (Å²) in [5.41, 5.74) is 2.45. The van der Waals surface area contributed by atoms with Crippen LogP contribution in [0.15, 0.2) is 66.9 Å². The lowest BCUT2D eigenvalue weighted by Gasteiger charge is -2.39. The lowest BCUT2D eigenvalue weighted by molar-refractivity contribution is -0.137. The number of carbonyl (C=O) groups excluding carboxylic acids is 1. The number of pyridine rings is 2. The Morgan fingerprint density at radius 3 is 2.35 bits per heavy atom. The lowest BCUT2D eigenvalue weighted by atomic mass is 10.0. The Morgan fingerprint density at radius 2 is 1.77 bits per heavy atom. The maximum absolute atomic E-state index is 13.5.